The van der Waals surface area contributed by atoms with E-state index in [-0.39, 0.29) is 5.75 Å². The molecule has 0 aliphatic carbocycles. The van der Waals surface area contributed by atoms with Crippen molar-refractivity contribution in [2.24, 2.45) is 16.0 Å². The fourth-order valence-corrected chi connectivity index (χ4v) is 4.77. The summed E-state index contributed by atoms with van der Waals surface area (Å²) in [6.07, 6.45) is 0.855. The molecule has 3 aromatic carbocycles. The van der Waals surface area contributed by atoms with Crippen molar-refractivity contribution in [1.29, 1.82) is 0 Å². The first-order valence-electron chi connectivity index (χ1n) is 9.40. The Bertz CT molecular complexity index is 1240. The van der Waals surface area contributed by atoms with Crippen LogP contribution in [-0.4, -0.2) is 22.6 Å². The zero-order chi connectivity index (χ0) is 21.1. The Labute approximate surface area is 187 Å². The third kappa shape index (κ3) is 4.28. The summed E-state index contributed by atoms with van der Waals surface area (Å²) in [6, 6.07) is 13.2. The van der Waals surface area contributed by atoms with Crippen molar-refractivity contribution in [2.75, 3.05) is 13.1 Å². The number of hydrogen-bond acceptors (Lipinski definition) is 8. The summed E-state index contributed by atoms with van der Waals surface area (Å²) < 4.78 is 7.64. The van der Waals surface area contributed by atoms with Crippen LogP contribution in [-0.2, 0) is 0 Å². The van der Waals surface area contributed by atoms with Crippen molar-refractivity contribution >= 4 is 67.4 Å². The van der Waals surface area contributed by atoms with Crippen LogP contribution in [0.2, 0.25) is 5.02 Å². The van der Waals surface area contributed by atoms with E-state index in [1.807, 2.05) is 49.4 Å². The Hall–Kier alpha value is -2.23. The summed E-state index contributed by atoms with van der Waals surface area (Å²) in [6.45, 7) is 3.36. The molecular weight excluding hydrogens is 438 g/mol. The Morgan fingerprint density at radius 3 is 2.90 bits per heavy atom. The number of phenolic OH excluding ortho intramolecular Hbond substituents is 1. The number of nitrogens with two attached hydrogens (primary N) is 1. The van der Waals surface area contributed by atoms with E-state index in [9.17, 15) is 5.11 Å². The molecule has 0 spiro atoms. The third-order valence-electron chi connectivity index (χ3n) is 4.62. The van der Waals surface area contributed by atoms with Crippen LogP contribution in [0.25, 0.3) is 21.7 Å². The van der Waals surface area contributed by atoms with Gasteiger partial charge in [0.15, 0.2) is 5.00 Å². The normalized spacial score (nSPS) is 11.8. The smallest absolute Gasteiger partial charge is 0.166 e. The SMILES string of the molecule is Cc1cccc2c(O)c(SNCCCN)cc(N=Nc3snc4ccc(Cl)cc34)c12. The molecule has 0 aliphatic rings. The largest absolute Gasteiger partial charge is 0.506 e. The molecule has 0 atom stereocenters. The van der Waals surface area contributed by atoms with E-state index in [1.165, 1.54) is 23.5 Å². The summed E-state index contributed by atoms with van der Waals surface area (Å²) in [5.74, 6) is 0.230. The molecule has 0 saturated heterocycles. The molecule has 4 aromatic rings. The van der Waals surface area contributed by atoms with Crippen LogP contribution in [0.1, 0.15) is 12.0 Å². The highest BCUT2D eigenvalue weighted by Crippen LogP contribution is 2.42. The van der Waals surface area contributed by atoms with E-state index in [1.54, 1.807) is 0 Å². The number of rotatable bonds is 7. The fourth-order valence-electron chi connectivity index (χ4n) is 3.13. The highest BCUT2D eigenvalue weighted by Gasteiger charge is 2.14. The van der Waals surface area contributed by atoms with Gasteiger partial charge in [-0.25, -0.2) is 0 Å². The van der Waals surface area contributed by atoms with Crippen molar-refractivity contribution in [3.8, 4) is 5.75 Å². The highest BCUT2D eigenvalue weighted by atomic mass is 35.5. The Morgan fingerprint density at radius 1 is 1.20 bits per heavy atom. The summed E-state index contributed by atoms with van der Waals surface area (Å²) in [4.78, 5) is 0.691. The Balaban J connectivity index is 1.77. The standard InChI is InChI=1S/C21H20ClN5OS2/c1-12-4-2-5-14-19(12)17(11-18(20(14)28)29-24-9-3-8-23)25-26-21-15-10-13(22)6-7-16(15)27-30-21/h2,4-7,10-11,24,28H,3,8-9,23H2,1H3. The number of hydrogen-bond donors (Lipinski definition) is 3. The Kier molecular flexibility index (Phi) is 6.50. The second kappa shape index (κ2) is 9.28. The van der Waals surface area contributed by atoms with Gasteiger partial charge < -0.3 is 10.8 Å². The molecule has 0 amide bonds. The Morgan fingerprint density at radius 2 is 2.07 bits per heavy atom. The van der Waals surface area contributed by atoms with Gasteiger partial charge in [-0.05, 0) is 73.2 Å². The minimum Gasteiger partial charge on any atom is -0.506 e. The molecule has 1 heterocycles. The molecule has 9 heteroatoms. The number of fused-ring (bicyclic) bond motifs is 2. The number of aromatic hydroxyl groups is 1. The minimum absolute atomic E-state index is 0.230. The quantitative estimate of drug-likeness (QED) is 0.168. The van der Waals surface area contributed by atoms with Crippen LogP contribution in [0.3, 0.4) is 0 Å². The lowest BCUT2D eigenvalue weighted by atomic mass is 10.0. The van der Waals surface area contributed by atoms with Crippen molar-refractivity contribution in [1.82, 2.24) is 9.10 Å². The lowest BCUT2D eigenvalue weighted by Crippen LogP contribution is -2.10. The maximum atomic E-state index is 10.8. The second-order valence-electron chi connectivity index (χ2n) is 6.73. The van der Waals surface area contributed by atoms with Crippen molar-refractivity contribution in [3.05, 3.63) is 53.1 Å². The van der Waals surface area contributed by atoms with Gasteiger partial charge in [-0.3, -0.25) is 4.72 Å². The van der Waals surface area contributed by atoms with Crippen LogP contribution in [0.15, 0.2) is 57.6 Å². The van der Waals surface area contributed by atoms with Gasteiger partial charge in [-0.1, -0.05) is 29.8 Å². The van der Waals surface area contributed by atoms with Crippen molar-refractivity contribution in [2.45, 2.75) is 18.2 Å². The minimum atomic E-state index is 0.230. The van der Waals surface area contributed by atoms with Crippen LogP contribution in [0.4, 0.5) is 10.7 Å². The van der Waals surface area contributed by atoms with Crippen LogP contribution < -0.4 is 10.5 Å². The molecular formula is C21H20ClN5OS2. The molecule has 154 valence electrons. The summed E-state index contributed by atoms with van der Waals surface area (Å²) in [5.41, 5.74) is 8.09. The summed E-state index contributed by atoms with van der Waals surface area (Å²) >= 11 is 8.78. The van der Waals surface area contributed by atoms with E-state index in [0.29, 0.717) is 27.2 Å². The molecule has 1 aromatic heterocycles. The number of aromatic nitrogens is 1. The monoisotopic (exact) mass is 457 g/mol. The van der Waals surface area contributed by atoms with Gasteiger partial charge in [0.25, 0.3) is 0 Å². The summed E-state index contributed by atoms with van der Waals surface area (Å²) in [5, 5.41) is 23.6. The van der Waals surface area contributed by atoms with Gasteiger partial charge in [0.2, 0.25) is 0 Å². The molecule has 0 saturated carbocycles. The molecule has 0 fully saturated rings. The van der Waals surface area contributed by atoms with Gasteiger partial charge in [0.05, 0.1) is 16.1 Å². The van der Waals surface area contributed by atoms with Crippen molar-refractivity contribution < 1.29 is 5.11 Å². The van der Waals surface area contributed by atoms with Gasteiger partial charge >= 0.3 is 0 Å². The number of nitrogens with zero attached hydrogens (tertiary/aromatic N) is 3. The first-order chi connectivity index (χ1) is 14.6. The topological polar surface area (TPSA) is 95.9 Å². The van der Waals surface area contributed by atoms with Crippen molar-refractivity contribution in [3.63, 3.8) is 0 Å². The fraction of sp³-hybridized carbons (Fsp3) is 0.190. The molecule has 30 heavy (non-hydrogen) atoms. The zero-order valence-corrected chi connectivity index (χ0v) is 18.6. The van der Waals surface area contributed by atoms with Crippen LogP contribution >= 0.6 is 35.1 Å². The van der Waals surface area contributed by atoms with E-state index >= 15 is 0 Å². The maximum Gasteiger partial charge on any atom is 0.166 e. The number of nitrogens with one attached hydrogen (secondary N) is 1. The van der Waals surface area contributed by atoms with E-state index < -0.39 is 0 Å². The molecule has 4 rings (SSSR count). The van der Waals surface area contributed by atoms with Crippen LogP contribution in [0.5, 0.6) is 5.75 Å². The van der Waals surface area contributed by atoms with E-state index in [0.717, 1.165) is 40.2 Å². The number of azo groups is 1. The molecule has 0 radical (unpaired) electrons. The highest BCUT2D eigenvalue weighted by molar-refractivity contribution is 7.97. The molecule has 6 nitrogen and oxygen atoms in total. The molecule has 0 aliphatic heterocycles. The molecule has 4 N–H and O–H groups in total. The average molecular weight is 458 g/mol. The lowest BCUT2D eigenvalue weighted by molar-refractivity contribution is 0.469. The average Bonchev–Trinajstić information content (AvgIpc) is 3.14. The number of aryl methyl sites for hydroxylation is 1. The summed E-state index contributed by atoms with van der Waals surface area (Å²) in [7, 11) is 0. The van der Waals surface area contributed by atoms with Gasteiger partial charge in [0, 0.05) is 27.7 Å². The van der Waals surface area contributed by atoms with Gasteiger partial charge in [-0.2, -0.15) is 4.37 Å². The lowest BCUT2D eigenvalue weighted by Gasteiger charge is -2.12. The third-order valence-corrected chi connectivity index (χ3v) is 6.50. The first kappa shape index (κ1) is 21.0. The first-order valence-corrected chi connectivity index (χ1v) is 11.4. The maximum absolute atomic E-state index is 10.8. The van der Waals surface area contributed by atoms with Gasteiger partial charge in [0.1, 0.15) is 5.75 Å². The zero-order valence-electron chi connectivity index (χ0n) is 16.2. The number of phenols is 1. The molecule has 0 bridgehead atoms. The number of benzene rings is 3. The predicted octanol–water partition coefficient (Wildman–Crippen LogP) is 6.48. The van der Waals surface area contributed by atoms with Gasteiger partial charge in [-0.15, -0.1) is 10.2 Å². The van der Waals surface area contributed by atoms with E-state index in [4.69, 9.17) is 17.3 Å². The van der Waals surface area contributed by atoms with Crippen LogP contribution in [0, 0.1) is 6.92 Å². The van der Waals surface area contributed by atoms with E-state index in [2.05, 4.69) is 19.3 Å². The second-order valence-corrected chi connectivity index (χ2v) is 8.85. The molecule has 0 unspecified atom stereocenters. The number of halogens is 1. The predicted molar refractivity (Wildman–Crippen MR) is 127 cm³/mol.